The molecule has 1 fully saturated rings. The van der Waals surface area contributed by atoms with Crippen molar-refractivity contribution in [3.63, 3.8) is 0 Å². The molecule has 2 heterocycles. The maximum atomic E-state index is 12.7. The maximum absolute atomic E-state index is 12.7. The lowest BCUT2D eigenvalue weighted by Gasteiger charge is -2.23. The molecule has 2 atom stereocenters. The highest BCUT2D eigenvalue weighted by molar-refractivity contribution is 5.98. The van der Waals surface area contributed by atoms with E-state index in [0.717, 1.165) is 10.9 Å². The van der Waals surface area contributed by atoms with Crippen LogP contribution in [0, 0.1) is 0 Å². The second-order valence-electron chi connectivity index (χ2n) is 5.58. The van der Waals surface area contributed by atoms with Gasteiger partial charge in [-0.25, -0.2) is 0 Å². The molecule has 3 rings (SSSR count). The van der Waals surface area contributed by atoms with Crippen LogP contribution in [0.5, 0.6) is 0 Å². The zero-order valence-electron chi connectivity index (χ0n) is 12.3. The van der Waals surface area contributed by atoms with E-state index in [1.807, 2.05) is 24.4 Å². The van der Waals surface area contributed by atoms with Crippen molar-refractivity contribution in [2.24, 2.45) is 0 Å². The summed E-state index contributed by atoms with van der Waals surface area (Å²) >= 11 is 0. The Morgan fingerprint density at radius 2 is 2.23 bits per heavy atom. The number of carboxylic acid groups (broad SMARTS) is 1. The zero-order chi connectivity index (χ0) is 15.7. The van der Waals surface area contributed by atoms with Gasteiger partial charge in [-0.3, -0.25) is 9.59 Å². The van der Waals surface area contributed by atoms with Crippen molar-refractivity contribution in [3.05, 3.63) is 36.0 Å². The highest BCUT2D eigenvalue weighted by Crippen LogP contribution is 2.25. The van der Waals surface area contributed by atoms with Crippen LogP contribution in [0.2, 0.25) is 0 Å². The van der Waals surface area contributed by atoms with Gasteiger partial charge >= 0.3 is 5.97 Å². The Hall–Kier alpha value is -2.34. The summed E-state index contributed by atoms with van der Waals surface area (Å²) in [7, 11) is 1.59. The molecule has 0 spiro atoms. The molecule has 1 amide bonds. The van der Waals surface area contributed by atoms with Crippen molar-refractivity contribution in [1.29, 1.82) is 0 Å². The van der Waals surface area contributed by atoms with Gasteiger partial charge in [-0.05, 0) is 30.7 Å². The molecule has 22 heavy (non-hydrogen) atoms. The van der Waals surface area contributed by atoms with Crippen LogP contribution in [-0.2, 0) is 9.53 Å². The summed E-state index contributed by atoms with van der Waals surface area (Å²) in [4.78, 5) is 28.5. The average Bonchev–Trinajstić information content (AvgIpc) is 3.11. The van der Waals surface area contributed by atoms with Gasteiger partial charge in [-0.15, -0.1) is 0 Å². The van der Waals surface area contributed by atoms with Crippen LogP contribution in [0.15, 0.2) is 30.5 Å². The number of rotatable bonds is 4. The second kappa shape index (κ2) is 5.81. The number of aromatic amines is 1. The van der Waals surface area contributed by atoms with E-state index in [1.165, 1.54) is 0 Å². The van der Waals surface area contributed by atoms with Crippen molar-refractivity contribution in [2.45, 2.75) is 25.0 Å². The molecule has 0 radical (unpaired) electrons. The van der Waals surface area contributed by atoms with Gasteiger partial charge in [0.15, 0.2) is 0 Å². The number of carboxylic acids is 1. The molecule has 1 aliphatic heterocycles. The highest BCUT2D eigenvalue weighted by atomic mass is 16.5. The first-order valence-electron chi connectivity index (χ1n) is 7.21. The van der Waals surface area contributed by atoms with Crippen molar-refractivity contribution < 1.29 is 19.4 Å². The van der Waals surface area contributed by atoms with Crippen LogP contribution < -0.4 is 0 Å². The van der Waals surface area contributed by atoms with E-state index in [-0.39, 0.29) is 24.5 Å². The van der Waals surface area contributed by atoms with Gasteiger partial charge in [-0.2, -0.15) is 0 Å². The Morgan fingerprint density at radius 3 is 2.95 bits per heavy atom. The van der Waals surface area contributed by atoms with Crippen LogP contribution in [-0.4, -0.2) is 52.7 Å². The molecule has 0 bridgehead atoms. The number of ether oxygens (including phenoxy) is 1. The maximum Gasteiger partial charge on any atom is 0.305 e. The van der Waals surface area contributed by atoms with Crippen LogP contribution in [0.1, 0.15) is 23.2 Å². The Morgan fingerprint density at radius 1 is 1.41 bits per heavy atom. The fourth-order valence-electron chi connectivity index (χ4n) is 3.04. The molecule has 2 N–H and O–H groups in total. The van der Waals surface area contributed by atoms with Crippen molar-refractivity contribution in [1.82, 2.24) is 9.88 Å². The molecule has 1 aromatic heterocycles. The number of carbonyl (C=O) groups excluding carboxylic acids is 1. The summed E-state index contributed by atoms with van der Waals surface area (Å²) in [5, 5.41) is 9.99. The Balaban J connectivity index is 1.86. The molecule has 6 heteroatoms. The first kappa shape index (κ1) is 14.6. The van der Waals surface area contributed by atoms with Gasteiger partial charge in [0, 0.05) is 42.4 Å². The monoisotopic (exact) mass is 302 g/mol. The van der Waals surface area contributed by atoms with Crippen LogP contribution in [0.3, 0.4) is 0 Å². The predicted octanol–water partition coefficient (Wildman–Crippen LogP) is 1.87. The van der Waals surface area contributed by atoms with Crippen LogP contribution in [0.4, 0.5) is 0 Å². The van der Waals surface area contributed by atoms with Crippen molar-refractivity contribution in [3.8, 4) is 0 Å². The summed E-state index contributed by atoms with van der Waals surface area (Å²) in [5.41, 5.74) is 1.54. The first-order chi connectivity index (χ1) is 10.6. The van der Waals surface area contributed by atoms with E-state index in [4.69, 9.17) is 9.84 Å². The zero-order valence-corrected chi connectivity index (χ0v) is 12.3. The fraction of sp³-hybridized carbons (Fsp3) is 0.375. The number of aliphatic carboxylic acids is 1. The molecule has 6 nitrogen and oxygen atoms in total. The summed E-state index contributed by atoms with van der Waals surface area (Å²) in [6, 6.07) is 7.03. The van der Waals surface area contributed by atoms with E-state index in [2.05, 4.69) is 4.98 Å². The summed E-state index contributed by atoms with van der Waals surface area (Å²) in [5.74, 6) is -1.05. The molecule has 1 aliphatic rings. The number of hydrogen-bond donors (Lipinski definition) is 2. The molecule has 2 unspecified atom stereocenters. The topological polar surface area (TPSA) is 82.6 Å². The number of fused-ring (bicyclic) bond motifs is 1. The van der Waals surface area contributed by atoms with E-state index in [9.17, 15) is 9.59 Å². The molecule has 0 saturated carbocycles. The number of amides is 1. The Bertz CT molecular complexity index is 709. The number of H-pyrrole nitrogens is 1. The standard InChI is InChI=1S/C16H18N2O4/c1-22-13-7-12(8-15(19)20)18(9-13)16(21)11-2-3-14-10(6-11)4-5-17-14/h2-6,12-13,17H,7-9H2,1H3,(H,19,20). The van der Waals surface area contributed by atoms with E-state index >= 15 is 0 Å². The third-order valence-corrected chi connectivity index (χ3v) is 4.18. The minimum absolute atomic E-state index is 0.0575. The lowest BCUT2D eigenvalue weighted by molar-refractivity contribution is -0.137. The average molecular weight is 302 g/mol. The third kappa shape index (κ3) is 2.69. The number of aromatic nitrogens is 1. The fourth-order valence-corrected chi connectivity index (χ4v) is 3.04. The largest absolute Gasteiger partial charge is 0.481 e. The Kier molecular flexibility index (Phi) is 3.85. The summed E-state index contributed by atoms with van der Waals surface area (Å²) in [6.45, 7) is 0.429. The molecule has 1 aromatic carbocycles. The van der Waals surface area contributed by atoms with Gasteiger partial charge in [0.1, 0.15) is 0 Å². The number of methoxy groups -OCH3 is 1. The highest BCUT2D eigenvalue weighted by Gasteiger charge is 2.36. The lowest BCUT2D eigenvalue weighted by Crippen LogP contribution is -2.37. The van der Waals surface area contributed by atoms with E-state index < -0.39 is 5.97 Å². The third-order valence-electron chi connectivity index (χ3n) is 4.18. The minimum Gasteiger partial charge on any atom is -0.481 e. The minimum atomic E-state index is -0.902. The molecule has 116 valence electrons. The molecule has 2 aromatic rings. The van der Waals surface area contributed by atoms with Crippen molar-refractivity contribution >= 4 is 22.8 Å². The SMILES string of the molecule is COC1CC(CC(=O)O)N(C(=O)c2ccc3[nH]ccc3c2)C1. The normalized spacial score (nSPS) is 21.4. The number of likely N-dealkylation sites (tertiary alicyclic amines) is 1. The van der Waals surface area contributed by atoms with Crippen LogP contribution in [0.25, 0.3) is 10.9 Å². The quantitative estimate of drug-likeness (QED) is 0.903. The number of carbonyl (C=O) groups is 2. The summed E-state index contributed by atoms with van der Waals surface area (Å²) < 4.78 is 5.31. The van der Waals surface area contributed by atoms with Gasteiger partial charge in [-0.1, -0.05) is 0 Å². The number of benzene rings is 1. The summed E-state index contributed by atoms with van der Waals surface area (Å²) in [6.07, 6.45) is 2.21. The number of nitrogens with one attached hydrogen (secondary N) is 1. The van der Waals surface area contributed by atoms with Gasteiger partial charge in [0.05, 0.1) is 12.5 Å². The molecular formula is C16H18N2O4. The predicted molar refractivity (Wildman–Crippen MR) is 80.8 cm³/mol. The van der Waals surface area contributed by atoms with Gasteiger partial charge in [0.25, 0.3) is 5.91 Å². The van der Waals surface area contributed by atoms with E-state index in [1.54, 1.807) is 18.1 Å². The van der Waals surface area contributed by atoms with Crippen LogP contribution >= 0.6 is 0 Å². The molecule has 1 saturated heterocycles. The molecule has 0 aliphatic carbocycles. The first-order valence-corrected chi connectivity index (χ1v) is 7.21. The lowest BCUT2D eigenvalue weighted by atomic mass is 10.1. The Labute approximate surface area is 127 Å². The van der Waals surface area contributed by atoms with Crippen molar-refractivity contribution in [2.75, 3.05) is 13.7 Å². The second-order valence-corrected chi connectivity index (χ2v) is 5.58. The van der Waals surface area contributed by atoms with E-state index in [0.29, 0.717) is 18.5 Å². The number of nitrogens with zero attached hydrogens (tertiary/aromatic N) is 1. The smallest absolute Gasteiger partial charge is 0.305 e. The molecular weight excluding hydrogens is 284 g/mol. The van der Waals surface area contributed by atoms with Gasteiger partial charge in [0.2, 0.25) is 0 Å². The number of hydrogen-bond acceptors (Lipinski definition) is 3. The van der Waals surface area contributed by atoms with Gasteiger partial charge < -0.3 is 19.7 Å².